The standard InChI is InChI=1S/C42H28O/c43-24-21-35-34-20-23-10-1-2-11-25(23)28-18-9-19-33(37(28)34)40-31-16-7-8-17-32(31)41-39-30-15-6-4-13-27(30)26-12-3-5-14-29(26)38(39)36(22-24)42(35,40)41/h1-20,35-36,40-41H,21-22H2/t35-,36-,40-,41-,42?/m1/s1. The first-order valence-electron chi connectivity index (χ1n) is 15.7. The molecule has 43 heavy (non-hydrogen) atoms. The van der Waals surface area contributed by atoms with Crippen LogP contribution >= 0.6 is 0 Å². The summed E-state index contributed by atoms with van der Waals surface area (Å²) in [6, 6.07) is 45.7. The van der Waals surface area contributed by atoms with Crippen molar-refractivity contribution in [3.05, 3.63) is 155 Å². The first-order valence-corrected chi connectivity index (χ1v) is 15.7. The summed E-state index contributed by atoms with van der Waals surface area (Å²) in [5.74, 6) is 1.24. The fraction of sp³-hybridized carbons (Fsp3) is 0.167. The van der Waals surface area contributed by atoms with Gasteiger partial charge >= 0.3 is 0 Å². The van der Waals surface area contributed by atoms with E-state index in [4.69, 9.17) is 0 Å². The first-order chi connectivity index (χ1) is 21.3. The van der Waals surface area contributed by atoms with Crippen molar-refractivity contribution in [1.82, 2.24) is 0 Å². The molecular weight excluding hydrogens is 520 g/mol. The molecule has 1 saturated carbocycles. The van der Waals surface area contributed by atoms with Gasteiger partial charge < -0.3 is 0 Å². The maximum Gasteiger partial charge on any atom is 0.134 e. The minimum absolute atomic E-state index is 0.115. The molecule has 1 nitrogen and oxygen atoms in total. The molecule has 0 heterocycles. The number of carbonyl (C=O) groups excluding carboxylic acids is 1. The predicted octanol–water partition coefficient (Wildman–Crippen LogP) is 10.1. The number of fused-ring (bicyclic) bond motifs is 15. The van der Waals surface area contributed by atoms with E-state index in [-0.39, 0.29) is 29.1 Å². The third kappa shape index (κ3) is 2.46. The van der Waals surface area contributed by atoms with E-state index in [1.165, 1.54) is 76.5 Å². The summed E-state index contributed by atoms with van der Waals surface area (Å²) in [6.07, 6.45) is 1.26. The van der Waals surface area contributed by atoms with Crippen LogP contribution in [0.3, 0.4) is 0 Å². The van der Waals surface area contributed by atoms with Gasteiger partial charge in [0.25, 0.3) is 0 Å². The molecule has 1 spiro atoms. The summed E-state index contributed by atoms with van der Waals surface area (Å²) in [6.45, 7) is 0. The largest absolute Gasteiger partial charge is 0.300 e. The van der Waals surface area contributed by atoms with Crippen LogP contribution in [0.4, 0.5) is 0 Å². The minimum atomic E-state index is -0.115. The molecule has 5 atom stereocenters. The number of benzene rings is 7. The lowest BCUT2D eigenvalue weighted by molar-refractivity contribution is -0.124. The molecule has 4 aliphatic carbocycles. The van der Waals surface area contributed by atoms with E-state index in [1.807, 2.05) is 0 Å². The molecule has 7 aromatic carbocycles. The Kier molecular flexibility index (Phi) is 4.03. The second kappa shape index (κ2) is 7.60. The quantitative estimate of drug-likeness (QED) is 0.172. The Balaban J connectivity index is 1.37. The highest BCUT2D eigenvalue weighted by molar-refractivity contribution is 6.14. The summed E-state index contributed by atoms with van der Waals surface area (Å²) in [4.78, 5) is 14.1. The summed E-state index contributed by atoms with van der Waals surface area (Å²) in [5.41, 5.74) is 8.65. The van der Waals surface area contributed by atoms with E-state index in [9.17, 15) is 4.79 Å². The van der Waals surface area contributed by atoms with Crippen molar-refractivity contribution >= 4 is 48.9 Å². The van der Waals surface area contributed by atoms with Crippen LogP contribution < -0.4 is 0 Å². The third-order valence-corrected chi connectivity index (χ3v) is 12.0. The molecule has 4 aliphatic rings. The van der Waals surface area contributed by atoms with Crippen LogP contribution in [0.1, 0.15) is 69.9 Å². The van der Waals surface area contributed by atoms with Gasteiger partial charge in [0.15, 0.2) is 0 Å². The fourth-order valence-electron chi connectivity index (χ4n) is 10.9. The molecule has 7 aromatic rings. The summed E-state index contributed by atoms with van der Waals surface area (Å²) in [7, 11) is 0. The zero-order valence-electron chi connectivity index (χ0n) is 23.7. The van der Waals surface area contributed by atoms with Crippen LogP contribution in [0.25, 0.3) is 43.1 Å². The number of hydrogen-bond acceptors (Lipinski definition) is 1. The van der Waals surface area contributed by atoms with Gasteiger partial charge in [-0.25, -0.2) is 0 Å². The lowest BCUT2D eigenvalue weighted by Crippen LogP contribution is -2.46. The van der Waals surface area contributed by atoms with Crippen molar-refractivity contribution in [3.8, 4) is 0 Å². The third-order valence-electron chi connectivity index (χ3n) is 12.0. The van der Waals surface area contributed by atoms with Gasteiger partial charge in [-0.1, -0.05) is 121 Å². The normalized spacial score (nSPS) is 26.1. The monoisotopic (exact) mass is 548 g/mol. The highest BCUT2D eigenvalue weighted by atomic mass is 16.1. The highest BCUT2D eigenvalue weighted by Gasteiger charge is 2.70. The number of hydrogen-bond donors (Lipinski definition) is 0. The van der Waals surface area contributed by atoms with Crippen molar-refractivity contribution in [2.24, 2.45) is 5.41 Å². The first kappa shape index (κ1) is 22.8. The lowest BCUT2D eigenvalue weighted by Gasteiger charge is -2.54. The number of carbonyl (C=O) groups is 1. The van der Waals surface area contributed by atoms with Crippen LogP contribution in [0.2, 0.25) is 0 Å². The average molecular weight is 549 g/mol. The Morgan fingerprint density at radius 2 is 1.02 bits per heavy atom. The van der Waals surface area contributed by atoms with E-state index in [0.29, 0.717) is 18.6 Å². The van der Waals surface area contributed by atoms with Gasteiger partial charge in [-0.05, 0) is 88.3 Å². The topological polar surface area (TPSA) is 17.1 Å². The maximum absolute atomic E-state index is 14.1. The molecule has 0 aromatic heterocycles. The zero-order chi connectivity index (χ0) is 28.0. The van der Waals surface area contributed by atoms with Crippen molar-refractivity contribution in [3.63, 3.8) is 0 Å². The smallest absolute Gasteiger partial charge is 0.134 e. The van der Waals surface area contributed by atoms with Crippen LogP contribution in [0.15, 0.2) is 121 Å². The van der Waals surface area contributed by atoms with Crippen LogP contribution in [-0.2, 0) is 4.79 Å². The van der Waals surface area contributed by atoms with E-state index in [0.717, 1.165) is 0 Å². The molecule has 0 N–H and O–H groups in total. The number of Topliss-reactive ketones (excluding diaryl/α,β-unsaturated/α-hetero) is 1. The van der Waals surface area contributed by atoms with Gasteiger partial charge in [0, 0.05) is 30.1 Å². The SMILES string of the molecule is O=C1C[C@@H]2c3c(c4ccccc4c4ccccc34)[C@H]3c4ccccc4[C@@H]4c5cccc6c5c(cc5ccccc56)[C@@H](C1)C342. The van der Waals surface area contributed by atoms with Crippen molar-refractivity contribution in [2.75, 3.05) is 0 Å². The van der Waals surface area contributed by atoms with E-state index >= 15 is 0 Å². The molecule has 1 fully saturated rings. The molecule has 0 bridgehead atoms. The molecule has 0 radical (unpaired) electrons. The van der Waals surface area contributed by atoms with Crippen molar-refractivity contribution in [2.45, 2.75) is 36.5 Å². The molecular formula is C42H28O. The van der Waals surface area contributed by atoms with Crippen LogP contribution in [-0.4, -0.2) is 5.78 Å². The van der Waals surface area contributed by atoms with Crippen LogP contribution in [0, 0.1) is 5.41 Å². The Morgan fingerprint density at radius 1 is 0.465 bits per heavy atom. The Hall–Kier alpha value is -4.75. The Morgan fingerprint density at radius 3 is 1.79 bits per heavy atom. The predicted molar refractivity (Wildman–Crippen MR) is 175 cm³/mol. The highest BCUT2D eigenvalue weighted by Crippen LogP contribution is 2.80. The summed E-state index contributed by atoms with van der Waals surface area (Å²) < 4.78 is 0. The molecule has 1 heteroatoms. The summed E-state index contributed by atoms with van der Waals surface area (Å²) in [5, 5.41) is 10.7. The van der Waals surface area contributed by atoms with Gasteiger partial charge in [-0.15, -0.1) is 0 Å². The number of ketones is 1. The molecule has 1 unspecified atom stereocenters. The number of rotatable bonds is 0. The van der Waals surface area contributed by atoms with Gasteiger partial charge in [0.1, 0.15) is 5.78 Å². The van der Waals surface area contributed by atoms with Crippen molar-refractivity contribution < 1.29 is 4.79 Å². The minimum Gasteiger partial charge on any atom is -0.300 e. The molecule has 0 amide bonds. The Bertz CT molecular complexity index is 2410. The van der Waals surface area contributed by atoms with E-state index in [2.05, 4.69) is 121 Å². The second-order valence-corrected chi connectivity index (χ2v) is 13.4. The second-order valence-electron chi connectivity index (χ2n) is 13.4. The van der Waals surface area contributed by atoms with Crippen LogP contribution in [0.5, 0.6) is 0 Å². The molecule has 202 valence electrons. The summed E-state index contributed by atoms with van der Waals surface area (Å²) >= 11 is 0. The molecule has 0 saturated heterocycles. The molecule has 0 aliphatic heterocycles. The van der Waals surface area contributed by atoms with Gasteiger partial charge in [0.2, 0.25) is 0 Å². The lowest BCUT2D eigenvalue weighted by atomic mass is 9.48. The van der Waals surface area contributed by atoms with Gasteiger partial charge in [0.05, 0.1) is 0 Å². The van der Waals surface area contributed by atoms with Gasteiger partial charge in [-0.2, -0.15) is 0 Å². The molecule has 11 rings (SSSR count). The van der Waals surface area contributed by atoms with Crippen molar-refractivity contribution in [1.29, 1.82) is 0 Å². The van der Waals surface area contributed by atoms with E-state index in [1.54, 1.807) is 0 Å². The zero-order valence-corrected chi connectivity index (χ0v) is 23.7. The maximum atomic E-state index is 14.1. The Labute approximate surface area is 249 Å². The fourth-order valence-corrected chi connectivity index (χ4v) is 10.9. The average Bonchev–Trinajstić information content (AvgIpc) is 3.52. The van der Waals surface area contributed by atoms with Gasteiger partial charge in [-0.3, -0.25) is 4.79 Å². The van der Waals surface area contributed by atoms with E-state index < -0.39 is 0 Å².